The van der Waals surface area contributed by atoms with Gasteiger partial charge < -0.3 is 14.0 Å². The number of aryl methyl sites for hydroxylation is 1. The molecule has 0 bridgehead atoms. The number of halogens is 2. The Balaban J connectivity index is 1.64. The molecule has 0 unspecified atom stereocenters. The van der Waals surface area contributed by atoms with Crippen LogP contribution in [0, 0.1) is 5.82 Å². The number of benzene rings is 3. The molecule has 0 saturated carbocycles. The minimum Gasteiger partial charge on any atom is -0.488 e. The summed E-state index contributed by atoms with van der Waals surface area (Å²) in [5.41, 5.74) is 1.44. The number of carbonyl (C=O) groups excluding carboxylic acids is 1. The number of hydrogen-bond donors (Lipinski definition) is 0. The summed E-state index contributed by atoms with van der Waals surface area (Å²) in [5, 5.41) is 0.773. The first-order valence-electron chi connectivity index (χ1n) is 10.3. The van der Waals surface area contributed by atoms with E-state index in [4.69, 9.17) is 21.1 Å². The molecule has 33 heavy (non-hydrogen) atoms. The van der Waals surface area contributed by atoms with Gasteiger partial charge in [0, 0.05) is 23.6 Å². The predicted octanol–water partition coefficient (Wildman–Crippen LogP) is 5.66. The number of carbonyl (C=O) groups is 1. The van der Waals surface area contributed by atoms with Crippen molar-refractivity contribution in [2.24, 2.45) is 7.05 Å². The number of ether oxygens (including phenoxy) is 2. The van der Waals surface area contributed by atoms with Gasteiger partial charge in [0.2, 0.25) is 5.43 Å². The number of pyridine rings is 1. The maximum Gasteiger partial charge on any atom is 0.231 e. The first-order valence-corrected chi connectivity index (χ1v) is 10.7. The summed E-state index contributed by atoms with van der Waals surface area (Å²) in [4.78, 5) is 24.7. The lowest BCUT2D eigenvalue weighted by atomic mass is 10.1. The van der Waals surface area contributed by atoms with Crippen LogP contribution in [0.5, 0.6) is 11.5 Å². The van der Waals surface area contributed by atoms with Crippen LogP contribution in [0.15, 0.2) is 71.5 Å². The molecule has 3 aromatic carbocycles. The van der Waals surface area contributed by atoms with E-state index in [2.05, 4.69) is 0 Å². The van der Waals surface area contributed by atoms with Crippen molar-refractivity contribution in [3.05, 3.63) is 93.4 Å². The Morgan fingerprint density at radius 1 is 1.00 bits per heavy atom. The molecule has 0 amide bonds. The van der Waals surface area contributed by atoms with E-state index < -0.39 is 5.82 Å². The number of aromatic nitrogens is 1. The predicted molar refractivity (Wildman–Crippen MR) is 127 cm³/mol. The highest BCUT2D eigenvalue weighted by atomic mass is 35.5. The summed E-state index contributed by atoms with van der Waals surface area (Å²) in [6.07, 6.45) is 0. The van der Waals surface area contributed by atoms with Gasteiger partial charge in [0.15, 0.2) is 11.5 Å². The molecule has 168 valence electrons. The smallest absolute Gasteiger partial charge is 0.231 e. The molecule has 0 aliphatic rings. The fraction of sp³-hybridized carbons (Fsp3) is 0.154. The standard InChI is InChI=1S/C26H21ClFNO4/c1-16(30)17-11-12-23(20(27)15-17)32-13-14-33-26-24(18-7-3-5-9-21(18)28)29(2)22-10-6-4-8-19(22)25(26)31/h3-12,15H,13-14H2,1-2H3. The fourth-order valence-corrected chi connectivity index (χ4v) is 3.92. The largest absolute Gasteiger partial charge is 0.488 e. The maximum absolute atomic E-state index is 14.7. The van der Waals surface area contributed by atoms with Crippen molar-refractivity contribution in [2.75, 3.05) is 13.2 Å². The minimum absolute atomic E-state index is 0.0276. The van der Waals surface area contributed by atoms with Gasteiger partial charge in [-0.05, 0) is 49.4 Å². The third-order valence-corrected chi connectivity index (χ3v) is 5.62. The summed E-state index contributed by atoms with van der Waals surface area (Å²) in [5.74, 6) is -0.116. The summed E-state index contributed by atoms with van der Waals surface area (Å²) >= 11 is 6.19. The lowest BCUT2D eigenvalue weighted by Gasteiger charge is -2.18. The second-order valence-electron chi connectivity index (χ2n) is 7.46. The lowest BCUT2D eigenvalue weighted by molar-refractivity contribution is 0.101. The summed E-state index contributed by atoms with van der Waals surface area (Å²) in [7, 11) is 1.77. The molecule has 4 rings (SSSR count). The molecule has 7 heteroatoms. The summed E-state index contributed by atoms with van der Waals surface area (Å²) < 4.78 is 28.0. The third kappa shape index (κ3) is 4.47. The molecule has 4 aromatic rings. The number of para-hydroxylation sites is 1. The maximum atomic E-state index is 14.7. The van der Waals surface area contributed by atoms with Crippen LogP contribution in [0.25, 0.3) is 22.2 Å². The van der Waals surface area contributed by atoms with Crippen molar-refractivity contribution in [2.45, 2.75) is 6.92 Å². The number of rotatable bonds is 7. The normalized spacial score (nSPS) is 10.9. The molecule has 0 spiro atoms. The van der Waals surface area contributed by atoms with Crippen molar-refractivity contribution in [3.63, 3.8) is 0 Å². The zero-order chi connectivity index (χ0) is 23.5. The second kappa shape index (κ2) is 9.46. The van der Waals surface area contributed by atoms with Gasteiger partial charge in [0.05, 0.1) is 16.2 Å². The first kappa shape index (κ1) is 22.6. The molecule has 0 radical (unpaired) electrons. The number of hydrogen-bond acceptors (Lipinski definition) is 4. The van der Waals surface area contributed by atoms with Crippen molar-refractivity contribution >= 4 is 28.3 Å². The Bertz CT molecular complexity index is 1410. The molecule has 1 heterocycles. The van der Waals surface area contributed by atoms with E-state index in [-0.39, 0.29) is 35.7 Å². The van der Waals surface area contributed by atoms with Gasteiger partial charge in [-0.3, -0.25) is 9.59 Å². The topological polar surface area (TPSA) is 57.5 Å². The molecular formula is C26H21ClFNO4. The van der Waals surface area contributed by atoms with E-state index in [1.54, 1.807) is 60.1 Å². The van der Waals surface area contributed by atoms with Crippen LogP contribution in [0.1, 0.15) is 17.3 Å². The fourth-order valence-electron chi connectivity index (χ4n) is 3.68. The molecule has 5 nitrogen and oxygen atoms in total. The van der Waals surface area contributed by atoms with Crippen molar-refractivity contribution < 1.29 is 18.7 Å². The molecule has 0 atom stereocenters. The van der Waals surface area contributed by atoms with Gasteiger partial charge in [0.25, 0.3) is 0 Å². The zero-order valence-electron chi connectivity index (χ0n) is 18.1. The Hall–Kier alpha value is -3.64. The molecule has 0 fully saturated rings. The van der Waals surface area contributed by atoms with E-state index in [1.165, 1.54) is 19.1 Å². The summed E-state index contributed by atoms with van der Waals surface area (Å²) in [6.45, 7) is 1.57. The van der Waals surface area contributed by atoms with Crippen LogP contribution < -0.4 is 14.9 Å². The molecule has 1 aromatic heterocycles. The van der Waals surface area contributed by atoms with E-state index in [1.807, 2.05) is 6.07 Å². The minimum atomic E-state index is -0.457. The summed E-state index contributed by atoms with van der Waals surface area (Å²) in [6, 6.07) is 18.1. The van der Waals surface area contributed by atoms with E-state index >= 15 is 0 Å². The van der Waals surface area contributed by atoms with Crippen LogP contribution in [0.2, 0.25) is 5.02 Å². The van der Waals surface area contributed by atoms with Crippen molar-refractivity contribution in [1.82, 2.24) is 4.57 Å². The van der Waals surface area contributed by atoms with Crippen LogP contribution in [0.3, 0.4) is 0 Å². The molecule has 0 aliphatic heterocycles. The first-order chi connectivity index (χ1) is 15.9. The van der Waals surface area contributed by atoms with Crippen LogP contribution in [0.4, 0.5) is 4.39 Å². The van der Waals surface area contributed by atoms with Gasteiger partial charge in [-0.15, -0.1) is 0 Å². The monoisotopic (exact) mass is 465 g/mol. The molecule has 0 aliphatic carbocycles. The van der Waals surface area contributed by atoms with Gasteiger partial charge in [-0.2, -0.15) is 0 Å². The Morgan fingerprint density at radius 3 is 2.42 bits per heavy atom. The number of ketones is 1. The average molecular weight is 466 g/mol. The quantitative estimate of drug-likeness (QED) is 0.261. The lowest BCUT2D eigenvalue weighted by Crippen LogP contribution is -2.19. The van der Waals surface area contributed by atoms with E-state index in [0.29, 0.717) is 32.9 Å². The van der Waals surface area contributed by atoms with Crippen LogP contribution >= 0.6 is 11.6 Å². The van der Waals surface area contributed by atoms with Gasteiger partial charge in [0.1, 0.15) is 24.8 Å². The van der Waals surface area contributed by atoms with E-state index in [0.717, 1.165) is 0 Å². The van der Waals surface area contributed by atoms with Gasteiger partial charge in [-0.1, -0.05) is 35.9 Å². The zero-order valence-corrected chi connectivity index (χ0v) is 18.9. The Kier molecular flexibility index (Phi) is 6.47. The van der Waals surface area contributed by atoms with E-state index in [9.17, 15) is 14.0 Å². The van der Waals surface area contributed by atoms with Gasteiger partial charge >= 0.3 is 0 Å². The third-order valence-electron chi connectivity index (χ3n) is 5.32. The Morgan fingerprint density at radius 2 is 1.70 bits per heavy atom. The van der Waals surface area contributed by atoms with Crippen LogP contribution in [-0.4, -0.2) is 23.6 Å². The Labute approximate surface area is 195 Å². The second-order valence-corrected chi connectivity index (χ2v) is 7.87. The highest BCUT2D eigenvalue weighted by Crippen LogP contribution is 2.32. The number of Topliss-reactive ketones (excluding diaryl/α,β-unsaturated/α-hetero) is 1. The SMILES string of the molecule is CC(=O)c1ccc(OCCOc2c(-c3ccccc3F)n(C)c3ccccc3c2=O)c(Cl)c1. The van der Waals surface area contributed by atoms with Crippen molar-refractivity contribution in [1.29, 1.82) is 0 Å². The number of fused-ring (bicyclic) bond motifs is 1. The highest BCUT2D eigenvalue weighted by Gasteiger charge is 2.20. The average Bonchev–Trinajstić information content (AvgIpc) is 2.81. The molecular weight excluding hydrogens is 445 g/mol. The van der Waals surface area contributed by atoms with Gasteiger partial charge in [-0.25, -0.2) is 4.39 Å². The van der Waals surface area contributed by atoms with Crippen LogP contribution in [-0.2, 0) is 7.05 Å². The molecule has 0 saturated heterocycles. The molecule has 0 N–H and O–H groups in total. The van der Waals surface area contributed by atoms with Crippen molar-refractivity contribution in [3.8, 4) is 22.8 Å². The number of nitrogens with zero attached hydrogens (tertiary/aromatic N) is 1. The highest BCUT2D eigenvalue weighted by molar-refractivity contribution is 6.32.